The zero-order valence-corrected chi connectivity index (χ0v) is 22.6. The highest BCUT2D eigenvalue weighted by atomic mass is 16.6. The fraction of sp³-hybridized carbons (Fsp3) is 0.206. The van der Waals surface area contributed by atoms with Crippen LogP contribution in [0, 0.1) is 5.92 Å². The number of hydrogen-bond donors (Lipinski definition) is 1. The molecule has 0 bridgehead atoms. The van der Waals surface area contributed by atoms with Crippen LogP contribution in [0.1, 0.15) is 40.6 Å². The summed E-state index contributed by atoms with van der Waals surface area (Å²) in [4.78, 5) is 44.8. The molecule has 4 heterocycles. The van der Waals surface area contributed by atoms with Crippen molar-refractivity contribution in [3.8, 4) is 0 Å². The van der Waals surface area contributed by atoms with Gasteiger partial charge >= 0.3 is 11.9 Å². The van der Waals surface area contributed by atoms with E-state index >= 15 is 0 Å². The number of cyclic esters (lactones) is 1. The first-order chi connectivity index (χ1) is 20.6. The van der Waals surface area contributed by atoms with Gasteiger partial charge in [0, 0.05) is 5.69 Å². The molecule has 0 aliphatic carbocycles. The Bertz CT molecular complexity index is 1650. The normalized spacial score (nSPS) is 28.0. The third-order valence-corrected chi connectivity index (χ3v) is 8.63. The van der Waals surface area contributed by atoms with Crippen LogP contribution in [0.5, 0.6) is 0 Å². The second kappa shape index (κ2) is 10.2. The van der Waals surface area contributed by atoms with Gasteiger partial charge in [0.15, 0.2) is 0 Å². The van der Waals surface area contributed by atoms with E-state index in [1.54, 1.807) is 18.2 Å². The van der Waals surface area contributed by atoms with Gasteiger partial charge in [0.2, 0.25) is 5.91 Å². The molecule has 1 amide bonds. The Morgan fingerprint density at radius 3 is 2.29 bits per heavy atom. The minimum atomic E-state index is -1.56. The van der Waals surface area contributed by atoms with Gasteiger partial charge in [-0.2, -0.15) is 0 Å². The minimum absolute atomic E-state index is 0.0728. The number of para-hydroxylation sites is 1. The van der Waals surface area contributed by atoms with Crippen LogP contribution in [0.4, 0.5) is 5.69 Å². The summed E-state index contributed by atoms with van der Waals surface area (Å²) >= 11 is 0. The SMILES string of the molecule is C=CCOC(=O)[C@H]1[C@@H]2C(=O)O[C@@H](c3ccccc3)[C@@H](c3ccccc3)N2[C@@H](c2ccco2)[C@]12C(=O)Nc1ccccc12. The van der Waals surface area contributed by atoms with Crippen LogP contribution in [0.15, 0.2) is 120 Å². The summed E-state index contributed by atoms with van der Waals surface area (Å²) in [5, 5.41) is 3.00. The summed E-state index contributed by atoms with van der Waals surface area (Å²) in [5.41, 5.74) is 1.27. The van der Waals surface area contributed by atoms with Gasteiger partial charge in [0.1, 0.15) is 35.8 Å². The largest absolute Gasteiger partial charge is 0.468 e. The van der Waals surface area contributed by atoms with E-state index in [2.05, 4.69) is 11.9 Å². The van der Waals surface area contributed by atoms with Crippen molar-refractivity contribution in [1.82, 2.24) is 4.90 Å². The first-order valence-electron chi connectivity index (χ1n) is 13.9. The average Bonchev–Trinajstić information content (AvgIpc) is 3.73. The molecule has 3 aliphatic heterocycles. The van der Waals surface area contributed by atoms with Crippen LogP contribution < -0.4 is 5.32 Å². The highest BCUT2D eigenvalue weighted by molar-refractivity contribution is 6.11. The number of morpholine rings is 1. The van der Waals surface area contributed by atoms with Crippen LogP contribution in [-0.4, -0.2) is 35.4 Å². The number of rotatable bonds is 6. The topological polar surface area (TPSA) is 98.1 Å². The van der Waals surface area contributed by atoms with E-state index in [0.29, 0.717) is 17.0 Å². The molecular formula is C34H28N2O6. The summed E-state index contributed by atoms with van der Waals surface area (Å²) in [6, 6.07) is 27.4. The predicted molar refractivity (Wildman–Crippen MR) is 153 cm³/mol. The van der Waals surface area contributed by atoms with Crippen molar-refractivity contribution in [2.24, 2.45) is 5.92 Å². The van der Waals surface area contributed by atoms with Gasteiger partial charge in [-0.15, -0.1) is 0 Å². The van der Waals surface area contributed by atoms with Gasteiger partial charge < -0.3 is 19.2 Å². The lowest BCUT2D eigenvalue weighted by Gasteiger charge is -2.45. The molecule has 210 valence electrons. The van der Waals surface area contributed by atoms with Gasteiger partial charge in [-0.05, 0) is 34.9 Å². The summed E-state index contributed by atoms with van der Waals surface area (Å²) in [5.74, 6) is -2.49. The Morgan fingerprint density at radius 1 is 0.905 bits per heavy atom. The quantitative estimate of drug-likeness (QED) is 0.253. The second-order valence-corrected chi connectivity index (χ2v) is 10.7. The molecule has 4 aromatic rings. The number of anilines is 1. The van der Waals surface area contributed by atoms with Crippen LogP contribution in [0.2, 0.25) is 0 Å². The van der Waals surface area contributed by atoms with Crippen molar-refractivity contribution in [3.05, 3.63) is 138 Å². The Labute approximate surface area is 242 Å². The number of nitrogens with zero attached hydrogens (tertiary/aromatic N) is 1. The molecule has 0 radical (unpaired) electrons. The number of benzene rings is 3. The number of ether oxygens (including phenoxy) is 2. The van der Waals surface area contributed by atoms with Crippen molar-refractivity contribution in [2.75, 3.05) is 11.9 Å². The lowest BCUT2D eigenvalue weighted by molar-refractivity contribution is -0.180. The molecule has 0 unspecified atom stereocenters. The molecule has 8 heteroatoms. The lowest BCUT2D eigenvalue weighted by Crippen LogP contribution is -2.52. The van der Waals surface area contributed by atoms with Gasteiger partial charge in [-0.3, -0.25) is 19.3 Å². The van der Waals surface area contributed by atoms with Crippen LogP contribution in [0.3, 0.4) is 0 Å². The number of furan rings is 1. The zero-order valence-electron chi connectivity index (χ0n) is 22.6. The second-order valence-electron chi connectivity index (χ2n) is 10.7. The Hall–Kier alpha value is -4.95. The molecular weight excluding hydrogens is 532 g/mol. The molecule has 42 heavy (non-hydrogen) atoms. The Balaban J connectivity index is 1.54. The molecule has 3 aromatic carbocycles. The standard InChI is InChI=1S/C34H28N2O6/c1-2-19-41-31(37)26-28-32(38)42-29(22-14-7-4-8-15-22)27(21-12-5-3-6-13-21)36(28)30(25-18-11-20-40-25)34(26)23-16-9-10-17-24(23)35-33(34)39/h2-18,20,26-30H,1,19H2,(H,35,39)/t26-,27-,28-,29+,30+,34-/m1/s1. The van der Waals surface area contributed by atoms with Crippen LogP contribution >= 0.6 is 0 Å². The van der Waals surface area contributed by atoms with Gasteiger partial charge in [-0.1, -0.05) is 91.5 Å². The fourth-order valence-electron chi connectivity index (χ4n) is 7.13. The van der Waals surface area contributed by atoms with E-state index in [1.807, 2.05) is 83.8 Å². The summed E-state index contributed by atoms with van der Waals surface area (Å²) in [6.07, 6.45) is 2.27. The Morgan fingerprint density at radius 2 is 1.60 bits per heavy atom. The number of carbonyl (C=O) groups is 3. The molecule has 0 saturated carbocycles. The maximum Gasteiger partial charge on any atom is 0.325 e. The minimum Gasteiger partial charge on any atom is -0.468 e. The molecule has 6 atom stereocenters. The van der Waals surface area contributed by atoms with Crippen molar-refractivity contribution in [2.45, 2.75) is 29.6 Å². The zero-order chi connectivity index (χ0) is 28.8. The molecule has 2 fully saturated rings. The molecule has 8 nitrogen and oxygen atoms in total. The van der Waals surface area contributed by atoms with Crippen LogP contribution in [-0.2, 0) is 29.3 Å². The maximum atomic E-state index is 14.4. The first-order valence-corrected chi connectivity index (χ1v) is 13.9. The lowest BCUT2D eigenvalue weighted by atomic mass is 9.66. The van der Waals surface area contributed by atoms with E-state index in [4.69, 9.17) is 13.9 Å². The summed E-state index contributed by atoms with van der Waals surface area (Å²) in [6.45, 7) is 3.60. The van der Waals surface area contributed by atoms with Crippen LogP contribution in [0.25, 0.3) is 0 Å². The molecule has 3 aliphatic rings. The molecule has 1 spiro atoms. The van der Waals surface area contributed by atoms with Crippen molar-refractivity contribution in [1.29, 1.82) is 0 Å². The van der Waals surface area contributed by atoms with E-state index in [-0.39, 0.29) is 6.61 Å². The maximum absolute atomic E-state index is 14.4. The number of fused-ring (bicyclic) bond motifs is 3. The number of amides is 1. The smallest absolute Gasteiger partial charge is 0.325 e. The average molecular weight is 561 g/mol. The fourth-order valence-corrected chi connectivity index (χ4v) is 7.13. The van der Waals surface area contributed by atoms with Gasteiger partial charge in [0.25, 0.3) is 0 Å². The van der Waals surface area contributed by atoms with Crippen molar-refractivity contribution >= 4 is 23.5 Å². The number of esters is 2. The molecule has 7 rings (SSSR count). The predicted octanol–water partition coefficient (Wildman–Crippen LogP) is 5.28. The van der Waals surface area contributed by atoms with E-state index in [0.717, 1.165) is 11.1 Å². The van der Waals surface area contributed by atoms with Crippen molar-refractivity contribution < 1.29 is 28.3 Å². The third-order valence-electron chi connectivity index (χ3n) is 8.63. The van der Waals surface area contributed by atoms with E-state index < -0.39 is 53.4 Å². The monoisotopic (exact) mass is 560 g/mol. The summed E-state index contributed by atoms with van der Waals surface area (Å²) < 4.78 is 17.9. The molecule has 2 saturated heterocycles. The first kappa shape index (κ1) is 26.0. The number of carbonyl (C=O) groups excluding carboxylic acids is 3. The molecule has 1 N–H and O–H groups in total. The van der Waals surface area contributed by atoms with E-state index in [9.17, 15) is 14.4 Å². The molecule has 1 aromatic heterocycles. The van der Waals surface area contributed by atoms with E-state index in [1.165, 1.54) is 12.3 Å². The summed E-state index contributed by atoms with van der Waals surface area (Å²) in [7, 11) is 0. The van der Waals surface area contributed by atoms with Crippen molar-refractivity contribution in [3.63, 3.8) is 0 Å². The highest BCUT2D eigenvalue weighted by Gasteiger charge is 2.75. The number of nitrogens with one attached hydrogen (secondary N) is 1. The van der Waals surface area contributed by atoms with Gasteiger partial charge in [0.05, 0.1) is 18.3 Å². The third kappa shape index (κ3) is 3.68. The number of hydrogen-bond acceptors (Lipinski definition) is 7. The Kier molecular flexibility index (Phi) is 6.28. The van der Waals surface area contributed by atoms with Gasteiger partial charge in [-0.25, -0.2) is 0 Å². The highest BCUT2D eigenvalue weighted by Crippen LogP contribution is 2.64.